The number of aromatic nitrogens is 2. The van der Waals surface area contributed by atoms with E-state index in [0.29, 0.717) is 0 Å². The standard InChI is InChI=1S/C16H21N3O/c17-12-4-2-1-3-6-14-8-10-15(11-9-14)19-16(20)7-5-13-18-19/h5,7-11,13H,1-4,6,12,17H2. The number of aryl methyl sites for hydroxylation is 1. The van der Waals surface area contributed by atoms with Crippen LogP contribution >= 0.6 is 0 Å². The zero-order valence-electron chi connectivity index (χ0n) is 11.7. The van der Waals surface area contributed by atoms with E-state index in [1.54, 1.807) is 12.3 Å². The summed E-state index contributed by atoms with van der Waals surface area (Å²) in [7, 11) is 0. The van der Waals surface area contributed by atoms with Crippen molar-refractivity contribution in [1.29, 1.82) is 0 Å². The number of nitrogens with zero attached hydrogens (tertiary/aromatic N) is 2. The molecule has 0 saturated carbocycles. The van der Waals surface area contributed by atoms with Crippen LogP contribution in [0.4, 0.5) is 0 Å². The zero-order valence-corrected chi connectivity index (χ0v) is 11.7. The van der Waals surface area contributed by atoms with Crippen LogP contribution in [-0.2, 0) is 6.42 Å². The van der Waals surface area contributed by atoms with Crippen molar-refractivity contribution in [3.05, 3.63) is 58.5 Å². The fourth-order valence-corrected chi connectivity index (χ4v) is 2.18. The van der Waals surface area contributed by atoms with Gasteiger partial charge in [0.05, 0.1) is 5.69 Å². The van der Waals surface area contributed by atoms with Gasteiger partial charge < -0.3 is 5.73 Å². The van der Waals surface area contributed by atoms with Gasteiger partial charge in [0.15, 0.2) is 0 Å². The normalized spacial score (nSPS) is 10.7. The highest BCUT2D eigenvalue weighted by Gasteiger charge is 2.00. The first-order valence-corrected chi connectivity index (χ1v) is 7.15. The van der Waals surface area contributed by atoms with Gasteiger partial charge in [0.1, 0.15) is 0 Å². The van der Waals surface area contributed by atoms with E-state index in [2.05, 4.69) is 17.2 Å². The van der Waals surface area contributed by atoms with Crippen LogP contribution in [0.2, 0.25) is 0 Å². The molecule has 106 valence electrons. The van der Waals surface area contributed by atoms with Crippen LogP contribution in [0.15, 0.2) is 47.4 Å². The molecule has 1 aromatic heterocycles. The Bertz CT molecular complexity index is 575. The number of rotatable bonds is 7. The van der Waals surface area contributed by atoms with Gasteiger partial charge in [-0.05, 0) is 49.6 Å². The molecule has 0 aliphatic heterocycles. The maximum absolute atomic E-state index is 11.7. The molecule has 0 fully saturated rings. The Labute approximate surface area is 119 Å². The van der Waals surface area contributed by atoms with Crippen molar-refractivity contribution in [2.45, 2.75) is 32.1 Å². The number of unbranched alkanes of at least 4 members (excludes halogenated alkanes) is 3. The minimum Gasteiger partial charge on any atom is -0.330 e. The van der Waals surface area contributed by atoms with Crippen LogP contribution in [0.5, 0.6) is 0 Å². The SMILES string of the molecule is NCCCCCCc1ccc(-n2ncccc2=O)cc1. The molecule has 2 N–H and O–H groups in total. The van der Waals surface area contributed by atoms with Gasteiger partial charge in [-0.3, -0.25) is 4.79 Å². The molecular formula is C16H21N3O. The fraction of sp³-hybridized carbons (Fsp3) is 0.375. The Hall–Kier alpha value is -1.94. The van der Waals surface area contributed by atoms with E-state index >= 15 is 0 Å². The van der Waals surface area contributed by atoms with Crippen molar-refractivity contribution in [3.8, 4) is 5.69 Å². The van der Waals surface area contributed by atoms with Gasteiger partial charge in [0.2, 0.25) is 0 Å². The Morgan fingerprint density at radius 3 is 2.45 bits per heavy atom. The lowest BCUT2D eigenvalue weighted by molar-refractivity contribution is 0.646. The molecule has 0 unspecified atom stereocenters. The van der Waals surface area contributed by atoms with E-state index in [-0.39, 0.29) is 5.56 Å². The zero-order chi connectivity index (χ0) is 14.2. The summed E-state index contributed by atoms with van der Waals surface area (Å²) < 4.78 is 1.41. The first kappa shape index (κ1) is 14.5. The average molecular weight is 271 g/mol. The highest BCUT2D eigenvalue weighted by molar-refractivity contribution is 5.33. The maximum atomic E-state index is 11.7. The van der Waals surface area contributed by atoms with E-state index in [1.165, 1.54) is 35.6 Å². The van der Waals surface area contributed by atoms with Crippen molar-refractivity contribution in [2.24, 2.45) is 5.73 Å². The number of hydrogen-bond acceptors (Lipinski definition) is 3. The quantitative estimate of drug-likeness (QED) is 0.786. The van der Waals surface area contributed by atoms with Gasteiger partial charge in [-0.1, -0.05) is 25.0 Å². The van der Waals surface area contributed by atoms with Crippen molar-refractivity contribution >= 4 is 0 Å². The lowest BCUT2D eigenvalue weighted by Crippen LogP contribution is -2.18. The first-order chi connectivity index (χ1) is 9.81. The third-order valence-electron chi connectivity index (χ3n) is 3.32. The summed E-state index contributed by atoms with van der Waals surface area (Å²) in [5.41, 5.74) is 7.47. The molecule has 1 heterocycles. The van der Waals surface area contributed by atoms with Gasteiger partial charge >= 0.3 is 0 Å². The van der Waals surface area contributed by atoms with Gasteiger partial charge in [0.25, 0.3) is 5.56 Å². The molecule has 4 nitrogen and oxygen atoms in total. The smallest absolute Gasteiger partial charge is 0.271 e. The van der Waals surface area contributed by atoms with E-state index in [9.17, 15) is 4.79 Å². The van der Waals surface area contributed by atoms with Crippen LogP contribution in [0.25, 0.3) is 5.69 Å². The molecule has 2 aromatic rings. The summed E-state index contributed by atoms with van der Waals surface area (Å²) in [5.74, 6) is 0. The summed E-state index contributed by atoms with van der Waals surface area (Å²) in [6.07, 6.45) is 7.41. The molecule has 0 aliphatic rings. The Balaban J connectivity index is 1.93. The molecule has 0 atom stereocenters. The lowest BCUT2D eigenvalue weighted by atomic mass is 10.1. The molecule has 0 saturated heterocycles. The second kappa shape index (κ2) is 7.60. The molecule has 0 bridgehead atoms. The van der Waals surface area contributed by atoms with Crippen molar-refractivity contribution in [1.82, 2.24) is 9.78 Å². The number of nitrogens with two attached hydrogens (primary N) is 1. The molecule has 1 aromatic carbocycles. The summed E-state index contributed by atoms with van der Waals surface area (Å²) in [5, 5.41) is 4.07. The molecule has 0 spiro atoms. The minimum atomic E-state index is -0.109. The first-order valence-electron chi connectivity index (χ1n) is 7.15. The second-order valence-corrected chi connectivity index (χ2v) is 4.89. The summed E-state index contributed by atoms with van der Waals surface area (Å²) >= 11 is 0. The van der Waals surface area contributed by atoms with Crippen LogP contribution in [-0.4, -0.2) is 16.3 Å². The molecule has 4 heteroatoms. The average Bonchev–Trinajstić information content (AvgIpc) is 2.48. The Morgan fingerprint density at radius 2 is 1.75 bits per heavy atom. The van der Waals surface area contributed by atoms with Crippen LogP contribution in [0, 0.1) is 0 Å². The summed E-state index contributed by atoms with van der Waals surface area (Å²) in [4.78, 5) is 11.7. The summed E-state index contributed by atoms with van der Waals surface area (Å²) in [6, 6.07) is 11.2. The van der Waals surface area contributed by atoms with Gasteiger partial charge in [-0.2, -0.15) is 9.78 Å². The number of hydrogen-bond donors (Lipinski definition) is 1. The molecule has 0 radical (unpaired) electrons. The molecule has 0 aliphatic carbocycles. The van der Waals surface area contributed by atoms with Crippen LogP contribution in [0.3, 0.4) is 0 Å². The minimum absolute atomic E-state index is 0.109. The predicted octanol–water partition coefficient (Wildman–Crippen LogP) is 2.29. The topological polar surface area (TPSA) is 60.9 Å². The Morgan fingerprint density at radius 1 is 1.00 bits per heavy atom. The predicted molar refractivity (Wildman–Crippen MR) is 81.1 cm³/mol. The molecule has 0 amide bonds. The highest BCUT2D eigenvalue weighted by Crippen LogP contribution is 2.11. The Kier molecular flexibility index (Phi) is 5.50. The maximum Gasteiger partial charge on any atom is 0.271 e. The number of benzene rings is 1. The van der Waals surface area contributed by atoms with E-state index in [4.69, 9.17) is 5.73 Å². The fourth-order valence-electron chi connectivity index (χ4n) is 2.18. The third-order valence-corrected chi connectivity index (χ3v) is 3.32. The monoisotopic (exact) mass is 271 g/mol. The molecular weight excluding hydrogens is 250 g/mol. The molecule has 20 heavy (non-hydrogen) atoms. The second-order valence-electron chi connectivity index (χ2n) is 4.89. The highest BCUT2D eigenvalue weighted by atomic mass is 16.1. The van der Waals surface area contributed by atoms with Crippen LogP contribution in [0.1, 0.15) is 31.2 Å². The molecule has 2 rings (SSSR count). The van der Waals surface area contributed by atoms with Gasteiger partial charge in [0, 0.05) is 12.3 Å². The van der Waals surface area contributed by atoms with Crippen LogP contribution < -0.4 is 11.3 Å². The van der Waals surface area contributed by atoms with E-state index < -0.39 is 0 Å². The van der Waals surface area contributed by atoms with Crippen molar-refractivity contribution in [3.63, 3.8) is 0 Å². The van der Waals surface area contributed by atoms with Crippen molar-refractivity contribution in [2.75, 3.05) is 6.54 Å². The van der Waals surface area contributed by atoms with Gasteiger partial charge in [-0.15, -0.1) is 0 Å². The summed E-state index contributed by atoms with van der Waals surface area (Å²) in [6.45, 7) is 0.785. The third kappa shape index (κ3) is 4.03. The van der Waals surface area contributed by atoms with E-state index in [1.807, 2.05) is 12.1 Å². The lowest BCUT2D eigenvalue weighted by Gasteiger charge is -2.05. The van der Waals surface area contributed by atoms with E-state index in [0.717, 1.165) is 25.1 Å². The largest absolute Gasteiger partial charge is 0.330 e. The van der Waals surface area contributed by atoms with Crippen molar-refractivity contribution < 1.29 is 0 Å². The van der Waals surface area contributed by atoms with Gasteiger partial charge in [-0.25, -0.2) is 0 Å².